The van der Waals surface area contributed by atoms with Crippen molar-refractivity contribution in [1.29, 1.82) is 0 Å². The van der Waals surface area contributed by atoms with Gasteiger partial charge in [0.15, 0.2) is 0 Å². The van der Waals surface area contributed by atoms with Gasteiger partial charge in [0.1, 0.15) is 0 Å². The Hall–Kier alpha value is -2.67. The Labute approximate surface area is 152 Å². The molecule has 2 aromatic carbocycles. The number of nitrogens with one attached hydrogen (secondary N) is 1. The number of rotatable bonds is 4. The highest BCUT2D eigenvalue weighted by Crippen LogP contribution is 2.40. The molecule has 2 aliphatic rings. The summed E-state index contributed by atoms with van der Waals surface area (Å²) in [5.41, 5.74) is 1.92. The van der Waals surface area contributed by atoms with Gasteiger partial charge < -0.3 is 0 Å². The van der Waals surface area contributed by atoms with Crippen molar-refractivity contribution in [3.05, 3.63) is 66.2 Å². The van der Waals surface area contributed by atoms with Gasteiger partial charge in [-0.2, -0.15) is 5.10 Å². The van der Waals surface area contributed by atoms with Crippen LogP contribution in [0.5, 0.6) is 0 Å². The van der Waals surface area contributed by atoms with Gasteiger partial charge in [0.05, 0.1) is 10.9 Å². The van der Waals surface area contributed by atoms with Gasteiger partial charge in [-0.15, -0.1) is 0 Å². The van der Waals surface area contributed by atoms with Crippen molar-refractivity contribution >= 4 is 21.8 Å². The maximum absolute atomic E-state index is 12.7. The molecule has 2 amide bonds. The van der Waals surface area contributed by atoms with Crippen molar-refractivity contribution in [2.75, 3.05) is 0 Å². The lowest BCUT2D eigenvalue weighted by Gasteiger charge is -2.22. The molecule has 1 heterocycles. The van der Waals surface area contributed by atoms with Gasteiger partial charge in [-0.05, 0) is 36.5 Å². The predicted molar refractivity (Wildman–Crippen MR) is 98.0 cm³/mol. The Kier molecular flexibility index (Phi) is 4.24. The van der Waals surface area contributed by atoms with E-state index in [1.54, 1.807) is 18.2 Å². The summed E-state index contributed by atoms with van der Waals surface area (Å²) in [6.45, 7) is 0. The molecule has 0 spiro atoms. The Balaban J connectivity index is 1.59. The SMILES string of the molecule is O=C(NS(=O)(=O)c1ccccc1)N1N=C(C2CC2)CC1c1ccccc1. The van der Waals surface area contributed by atoms with Gasteiger partial charge in [0.25, 0.3) is 10.0 Å². The number of amides is 2. The van der Waals surface area contributed by atoms with Crippen molar-refractivity contribution in [2.45, 2.75) is 30.2 Å². The van der Waals surface area contributed by atoms with Gasteiger partial charge in [-0.1, -0.05) is 48.5 Å². The lowest BCUT2D eigenvalue weighted by Crippen LogP contribution is -2.40. The first-order chi connectivity index (χ1) is 12.5. The average Bonchev–Trinajstić information content (AvgIpc) is 3.41. The van der Waals surface area contributed by atoms with Crippen molar-refractivity contribution in [1.82, 2.24) is 9.73 Å². The number of carbonyl (C=O) groups excluding carboxylic acids is 1. The van der Waals surface area contributed by atoms with Crippen LogP contribution in [0.25, 0.3) is 0 Å². The first kappa shape index (κ1) is 16.8. The number of sulfonamides is 1. The van der Waals surface area contributed by atoms with Crippen molar-refractivity contribution in [3.63, 3.8) is 0 Å². The van der Waals surface area contributed by atoms with E-state index in [9.17, 15) is 13.2 Å². The summed E-state index contributed by atoms with van der Waals surface area (Å²) < 4.78 is 27.1. The summed E-state index contributed by atoms with van der Waals surface area (Å²) in [5, 5.41) is 5.74. The van der Waals surface area contributed by atoms with Gasteiger partial charge in [0.2, 0.25) is 0 Å². The number of hydrogen-bond donors (Lipinski definition) is 1. The maximum Gasteiger partial charge on any atom is 0.352 e. The number of hydrogen-bond acceptors (Lipinski definition) is 4. The van der Waals surface area contributed by atoms with E-state index in [0.29, 0.717) is 12.3 Å². The smallest absolute Gasteiger partial charge is 0.245 e. The number of carbonyl (C=O) groups is 1. The molecule has 26 heavy (non-hydrogen) atoms. The first-order valence-corrected chi connectivity index (χ1v) is 10.1. The maximum atomic E-state index is 12.7. The molecule has 1 fully saturated rings. The molecule has 0 bridgehead atoms. The summed E-state index contributed by atoms with van der Waals surface area (Å²) in [6, 6.07) is 16.4. The molecule has 0 aromatic heterocycles. The summed E-state index contributed by atoms with van der Waals surface area (Å²) in [5.74, 6) is 0.421. The molecule has 0 saturated heterocycles. The fraction of sp³-hybridized carbons (Fsp3) is 0.263. The number of nitrogens with zero attached hydrogens (tertiary/aromatic N) is 2. The van der Waals surface area contributed by atoms with Crippen molar-refractivity contribution < 1.29 is 13.2 Å². The van der Waals surface area contributed by atoms with E-state index in [1.807, 2.05) is 30.3 Å². The van der Waals surface area contributed by atoms with Crippen LogP contribution < -0.4 is 4.72 Å². The van der Waals surface area contributed by atoms with Gasteiger partial charge in [-0.25, -0.2) is 22.9 Å². The monoisotopic (exact) mass is 369 g/mol. The molecule has 4 rings (SSSR count). The van der Waals surface area contributed by atoms with Crippen molar-refractivity contribution in [2.24, 2.45) is 11.0 Å². The molecular weight excluding hydrogens is 350 g/mol. The van der Waals surface area contributed by atoms with E-state index in [1.165, 1.54) is 17.1 Å². The zero-order valence-corrected chi connectivity index (χ0v) is 14.9. The zero-order valence-electron chi connectivity index (χ0n) is 14.1. The van der Waals surface area contributed by atoms with Gasteiger partial charge in [-0.3, -0.25) is 0 Å². The van der Waals surface area contributed by atoms with E-state index in [2.05, 4.69) is 9.82 Å². The third-order valence-corrected chi connectivity index (χ3v) is 5.99. The minimum absolute atomic E-state index is 0.0511. The fourth-order valence-electron chi connectivity index (χ4n) is 3.14. The van der Waals surface area contributed by atoms with Crippen LogP contribution in [0, 0.1) is 5.92 Å². The van der Waals surface area contributed by atoms with E-state index < -0.39 is 16.1 Å². The summed E-state index contributed by atoms with van der Waals surface area (Å²) in [7, 11) is -3.94. The second-order valence-electron chi connectivity index (χ2n) is 6.56. The molecule has 1 aliphatic heterocycles. The lowest BCUT2D eigenvalue weighted by molar-refractivity contribution is 0.192. The molecule has 1 atom stereocenters. The molecule has 2 aromatic rings. The summed E-state index contributed by atoms with van der Waals surface area (Å²) >= 11 is 0. The van der Waals surface area contributed by atoms with Crippen LogP contribution in [-0.2, 0) is 10.0 Å². The predicted octanol–water partition coefficient (Wildman–Crippen LogP) is 3.30. The zero-order chi connectivity index (χ0) is 18.1. The van der Waals surface area contributed by atoms with Crippen LogP contribution in [0.4, 0.5) is 4.79 Å². The highest BCUT2D eigenvalue weighted by atomic mass is 32.2. The van der Waals surface area contributed by atoms with E-state index in [4.69, 9.17) is 0 Å². The van der Waals surface area contributed by atoms with Gasteiger partial charge in [0, 0.05) is 12.1 Å². The van der Waals surface area contributed by atoms with Crippen LogP contribution in [0.15, 0.2) is 70.7 Å². The van der Waals surface area contributed by atoms with Crippen LogP contribution in [0.3, 0.4) is 0 Å². The molecule has 1 saturated carbocycles. The van der Waals surface area contributed by atoms with Gasteiger partial charge >= 0.3 is 6.03 Å². The third kappa shape index (κ3) is 3.35. The second-order valence-corrected chi connectivity index (χ2v) is 8.25. The van der Waals surface area contributed by atoms with E-state index in [0.717, 1.165) is 24.1 Å². The Bertz CT molecular complexity index is 939. The molecule has 1 aliphatic carbocycles. The van der Waals surface area contributed by atoms with E-state index >= 15 is 0 Å². The molecule has 1 unspecified atom stereocenters. The normalized spacial score (nSPS) is 19.9. The number of urea groups is 1. The quantitative estimate of drug-likeness (QED) is 0.898. The molecule has 1 N–H and O–H groups in total. The standard InChI is InChI=1S/C19H19N3O3S/c23-19(21-26(24,25)16-9-5-2-6-10-16)22-18(15-7-3-1-4-8-15)13-17(20-22)14-11-12-14/h1-10,14,18H,11-13H2,(H,21,23). The number of benzene rings is 2. The Morgan fingerprint density at radius 3 is 2.23 bits per heavy atom. The molecule has 0 radical (unpaired) electrons. The minimum Gasteiger partial charge on any atom is -0.245 e. The minimum atomic E-state index is -3.94. The van der Waals surface area contributed by atoms with E-state index in [-0.39, 0.29) is 10.9 Å². The molecule has 7 heteroatoms. The molecular formula is C19H19N3O3S. The molecule has 134 valence electrons. The Morgan fingerprint density at radius 1 is 1.00 bits per heavy atom. The van der Waals surface area contributed by atoms with Crippen LogP contribution in [-0.4, -0.2) is 25.2 Å². The van der Waals surface area contributed by atoms with Crippen LogP contribution in [0.1, 0.15) is 30.9 Å². The van der Waals surface area contributed by atoms with Crippen LogP contribution >= 0.6 is 0 Å². The topological polar surface area (TPSA) is 78.8 Å². The highest BCUT2D eigenvalue weighted by molar-refractivity contribution is 7.90. The number of hydrazone groups is 1. The molecule has 6 nitrogen and oxygen atoms in total. The van der Waals surface area contributed by atoms with Crippen molar-refractivity contribution in [3.8, 4) is 0 Å². The second kappa shape index (κ2) is 6.57. The summed E-state index contributed by atoms with van der Waals surface area (Å²) in [4.78, 5) is 12.8. The Morgan fingerprint density at radius 2 is 1.62 bits per heavy atom. The summed E-state index contributed by atoms with van der Waals surface area (Å²) in [6.07, 6.45) is 2.81. The largest absolute Gasteiger partial charge is 0.352 e. The fourth-order valence-corrected chi connectivity index (χ4v) is 4.10. The average molecular weight is 369 g/mol. The first-order valence-electron chi connectivity index (χ1n) is 8.58. The van der Waals surface area contributed by atoms with Crippen LogP contribution in [0.2, 0.25) is 0 Å². The lowest BCUT2D eigenvalue weighted by atomic mass is 10.0. The highest BCUT2D eigenvalue weighted by Gasteiger charge is 2.39. The third-order valence-electron chi connectivity index (χ3n) is 4.65.